The van der Waals surface area contributed by atoms with Crippen LogP contribution in [0.25, 0.3) is 11.3 Å². The summed E-state index contributed by atoms with van der Waals surface area (Å²) >= 11 is 6.12. The molecule has 1 saturated heterocycles. The maximum atomic E-state index is 15.4. The molecule has 0 radical (unpaired) electrons. The lowest BCUT2D eigenvalue weighted by Crippen LogP contribution is -2.54. The highest BCUT2D eigenvalue weighted by atomic mass is 35.5. The molecule has 13 nitrogen and oxygen atoms in total. The molecule has 15 heteroatoms. The second kappa shape index (κ2) is 12.5. The van der Waals surface area contributed by atoms with Crippen molar-refractivity contribution in [2.45, 2.75) is 56.1 Å². The summed E-state index contributed by atoms with van der Waals surface area (Å²) in [5, 5.41) is 18.0. The lowest BCUT2D eigenvalue weighted by molar-refractivity contribution is -0.141. The Hall–Kier alpha value is -4.85. The van der Waals surface area contributed by atoms with E-state index in [-0.39, 0.29) is 35.1 Å². The fourth-order valence-electron chi connectivity index (χ4n) is 6.50. The molecule has 46 heavy (non-hydrogen) atoms. The Kier molecular flexibility index (Phi) is 8.47. The standard InChI is InChI=1S/C31H32ClFN6O7/c1-45-29(43)35-16-7-8-17-22(13-16)36-21(28(41)42)6-3-2-5-18(26-34-14-23(17)37-26)27(40)39-12-4-11-31(15-39)24-20(38-30(44)46-31)10-9-19(32)25(24)33/h7-10,13-14,18,21,36H,2-6,11-12,15H2,1H3,(H,34,37)(H,35,43)(H,38,44)(H,41,42)/t18?,21?,31-/m0/s1. The zero-order chi connectivity index (χ0) is 32.6. The molecular weight excluding hydrogens is 623 g/mol. The first-order valence-electron chi connectivity index (χ1n) is 14.9. The number of aromatic amines is 1. The van der Waals surface area contributed by atoms with Crippen molar-refractivity contribution in [2.24, 2.45) is 0 Å². The van der Waals surface area contributed by atoms with E-state index in [2.05, 4.69) is 30.7 Å². The largest absolute Gasteiger partial charge is 0.480 e. The number of aromatic nitrogens is 2. The number of nitrogens with zero attached hydrogens (tertiary/aromatic N) is 2. The summed E-state index contributed by atoms with van der Waals surface area (Å²) in [5.74, 6) is -2.35. The number of fused-ring (bicyclic) bond motifs is 6. The van der Waals surface area contributed by atoms with E-state index in [0.29, 0.717) is 67.1 Å². The normalized spacial score (nSPS) is 22.5. The number of carbonyl (C=O) groups excluding carboxylic acids is 3. The first-order chi connectivity index (χ1) is 22.1. The van der Waals surface area contributed by atoms with Crippen LogP contribution >= 0.6 is 11.6 Å². The summed E-state index contributed by atoms with van der Waals surface area (Å²) in [6, 6.07) is 6.88. The molecule has 6 rings (SSSR count). The Morgan fingerprint density at radius 1 is 1.17 bits per heavy atom. The number of H-pyrrole nitrogens is 1. The van der Waals surface area contributed by atoms with Gasteiger partial charge >= 0.3 is 18.2 Å². The number of carbonyl (C=O) groups is 4. The van der Waals surface area contributed by atoms with Crippen LogP contribution in [-0.2, 0) is 24.7 Å². The minimum Gasteiger partial charge on any atom is -0.480 e. The minimum atomic E-state index is -1.42. The Morgan fingerprint density at radius 2 is 1.98 bits per heavy atom. The van der Waals surface area contributed by atoms with Gasteiger partial charge in [-0.15, -0.1) is 0 Å². The summed E-state index contributed by atoms with van der Waals surface area (Å²) in [6.45, 7) is 0.286. The molecule has 2 unspecified atom stereocenters. The van der Waals surface area contributed by atoms with Gasteiger partial charge in [-0.3, -0.25) is 15.4 Å². The fourth-order valence-corrected chi connectivity index (χ4v) is 6.65. The lowest BCUT2D eigenvalue weighted by Gasteiger charge is -2.45. The average molecular weight is 655 g/mol. The number of methoxy groups -OCH3 is 1. The van der Waals surface area contributed by atoms with Gasteiger partial charge in [-0.25, -0.2) is 23.8 Å². The first-order valence-corrected chi connectivity index (χ1v) is 15.3. The van der Waals surface area contributed by atoms with Gasteiger partial charge in [-0.1, -0.05) is 24.4 Å². The van der Waals surface area contributed by atoms with Crippen LogP contribution in [0.1, 0.15) is 55.8 Å². The Labute approximate surface area is 267 Å². The Balaban J connectivity index is 1.33. The van der Waals surface area contributed by atoms with E-state index >= 15 is 4.39 Å². The third-order valence-corrected chi connectivity index (χ3v) is 8.96. The molecule has 3 atom stereocenters. The maximum Gasteiger partial charge on any atom is 0.412 e. The van der Waals surface area contributed by atoms with Crippen LogP contribution in [0.2, 0.25) is 5.02 Å². The van der Waals surface area contributed by atoms with E-state index in [4.69, 9.17) is 16.3 Å². The minimum absolute atomic E-state index is 0.0720. The number of amides is 3. The summed E-state index contributed by atoms with van der Waals surface area (Å²) in [4.78, 5) is 60.2. The summed E-state index contributed by atoms with van der Waals surface area (Å²) < 4.78 is 25.9. The second-order valence-electron chi connectivity index (χ2n) is 11.6. The van der Waals surface area contributed by atoms with E-state index in [1.807, 2.05) is 0 Å². The van der Waals surface area contributed by atoms with Crippen molar-refractivity contribution in [3.8, 4) is 11.3 Å². The van der Waals surface area contributed by atoms with Gasteiger partial charge in [0.25, 0.3) is 0 Å². The van der Waals surface area contributed by atoms with E-state index in [1.165, 1.54) is 19.2 Å². The van der Waals surface area contributed by atoms with Gasteiger partial charge in [0, 0.05) is 23.5 Å². The number of carboxylic acids is 1. The zero-order valence-corrected chi connectivity index (χ0v) is 25.6. The van der Waals surface area contributed by atoms with Crippen molar-refractivity contribution < 1.29 is 38.1 Å². The highest BCUT2D eigenvalue weighted by Crippen LogP contribution is 2.46. The van der Waals surface area contributed by atoms with Gasteiger partial charge in [0.1, 0.15) is 11.9 Å². The molecule has 0 aliphatic carbocycles. The number of likely N-dealkylation sites (tertiary alicyclic amines) is 1. The van der Waals surface area contributed by atoms with Gasteiger partial charge in [-0.2, -0.15) is 0 Å². The molecular formula is C31H32ClFN6O7. The topological polar surface area (TPSA) is 175 Å². The summed E-state index contributed by atoms with van der Waals surface area (Å²) in [6.07, 6.45) is 2.54. The molecule has 2 aromatic carbocycles. The number of imidazole rings is 1. The van der Waals surface area contributed by atoms with Crippen molar-refractivity contribution >= 4 is 52.7 Å². The number of hydrogen-bond acceptors (Lipinski definition) is 8. The highest BCUT2D eigenvalue weighted by molar-refractivity contribution is 6.31. The molecule has 1 aromatic heterocycles. The average Bonchev–Trinajstić information content (AvgIpc) is 3.51. The van der Waals surface area contributed by atoms with E-state index < -0.39 is 41.5 Å². The predicted octanol–water partition coefficient (Wildman–Crippen LogP) is 5.65. The number of carboxylic acid groups (broad SMARTS) is 1. The molecule has 1 fully saturated rings. The molecule has 3 aliphatic heterocycles. The van der Waals surface area contributed by atoms with Gasteiger partial charge in [0.2, 0.25) is 5.91 Å². The summed E-state index contributed by atoms with van der Waals surface area (Å²) in [5.41, 5.74) is 0.868. The molecule has 3 aliphatic rings. The van der Waals surface area contributed by atoms with Crippen LogP contribution in [-0.4, -0.2) is 70.3 Å². The number of hydrogen-bond donors (Lipinski definition) is 5. The molecule has 3 aromatic rings. The Morgan fingerprint density at radius 3 is 2.76 bits per heavy atom. The smallest absolute Gasteiger partial charge is 0.412 e. The zero-order valence-electron chi connectivity index (χ0n) is 24.8. The number of benzene rings is 2. The molecule has 1 spiro atoms. The number of ether oxygens (including phenoxy) is 2. The lowest BCUT2D eigenvalue weighted by atomic mass is 9.82. The molecule has 5 N–H and O–H groups in total. The van der Waals surface area contributed by atoms with Gasteiger partial charge < -0.3 is 29.8 Å². The second-order valence-corrected chi connectivity index (χ2v) is 12.0. The molecule has 3 amide bonds. The van der Waals surface area contributed by atoms with Crippen molar-refractivity contribution in [1.29, 1.82) is 0 Å². The van der Waals surface area contributed by atoms with Crippen molar-refractivity contribution in [1.82, 2.24) is 14.9 Å². The number of anilines is 3. The van der Waals surface area contributed by atoms with Crippen LogP contribution in [0.3, 0.4) is 0 Å². The maximum absolute atomic E-state index is 15.4. The Bertz CT molecular complexity index is 1720. The van der Waals surface area contributed by atoms with Gasteiger partial charge in [0.05, 0.1) is 47.7 Å². The van der Waals surface area contributed by atoms with E-state index in [1.54, 1.807) is 29.3 Å². The van der Waals surface area contributed by atoms with Crippen LogP contribution in [0.4, 0.5) is 31.0 Å². The third-order valence-electron chi connectivity index (χ3n) is 8.67. The molecule has 4 heterocycles. The number of rotatable bonds is 3. The van der Waals surface area contributed by atoms with Crippen molar-refractivity contribution in [3.63, 3.8) is 0 Å². The van der Waals surface area contributed by atoms with Crippen LogP contribution < -0.4 is 16.0 Å². The fraction of sp³-hybridized carbons (Fsp3) is 0.387. The third kappa shape index (κ3) is 5.91. The number of halogens is 2. The quantitative estimate of drug-likeness (QED) is 0.239. The monoisotopic (exact) mass is 654 g/mol. The predicted molar refractivity (Wildman–Crippen MR) is 165 cm³/mol. The highest BCUT2D eigenvalue weighted by Gasteiger charge is 2.49. The molecule has 242 valence electrons. The summed E-state index contributed by atoms with van der Waals surface area (Å²) in [7, 11) is 1.24. The van der Waals surface area contributed by atoms with Crippen molar-refractivity contribution in [2.75, 3.05) is 36.1 Å². The number of piperidine rings is 1. The number of aliphatic carboxylic acids is 1. The van der Waals surface area contributed by atoms with E-state index in [0.717, 1.165) is 0 Å². The van der Waals surface area contributed by atoms with Crippen LogP contribution in [0.5, 0.6) is 0 Å². The van der Waals surface area contributed by atoms with E-state index in [9.17, 15) is 24.3 Å². The number of nitrogens with one attached hydrogen (secondary N) is 4. The molecule has 2 bridgehead atoms. The SMILES string of the molecule is COC(=O)Nc1ccc2c(c1)NC(C(=O)O)CCCCC(C(=O)N1CCC[C@@]3(C1)OC(=O)Nc1ccc(Cl)c(F)c13)c1ncc-2[nH]1. The first kappa shape index (κ1) is 31.1. The van der Waals surface area contributed by atoms with Gasteiger partial charge in [-0.05, 0) is 56.0 Å². The molecule has 0 saturated carbocycles. The van der Waals surface area contributed by atoms with Crippen LogP contribution in [0, 0.1) is 5.82 Å². The van der Waals surface area contributed by atoms with Crippen LogP contribution in [0.15, 0.2) is 36.5 Å². The van der Waals surface area contributed by atoms with Gasteiger partial charge in [0.15, 0.2) is 11.4 Å². The van der Waals surface area contributed by atoms with Crippen molar-refractivity contribution in [3.05, 3.63) is 58.8 Å².